The molecule has 1 amide bonds. The molecule has 7 nitrogen and oxygen atoms in total. The average Bonchev–Trinajstić information content (AvgIpc) is 2.87. The van der Waals surface area contributed by atoms with Gasteiger partial charge in [0.25, 0.3) is 5.91 Å². The first-order valence-electron chi connectivity index (χ1n) is 10.9. The Morgan fingerprint density at radius 2 is 1.77 bits per heavy atom. The number of rotatable bonds is 6. The second-order valence-corrected chi connectivity index (χ2v) is 7.90. The topological polar surface area (TPSA) is 70.6 Å². The number of amides is 1. The normalized spacial score (nSPS) is 14.1. The molecule has 1 aromatic heterocycles. The molecule has 1 aliphatic rings. The molecule has 0 bridgehead atoms. The number of carbonyl (C=O) groups excluding carboxylic acids is 1. The third-order valence-corrected chi connectivity index (χ3v) is 5.64. The van der Waals surface area contributed by atoms with Crippen LogP contribution in [0.1, 0.15) is 21.5 Å². The van der Waals surface area contributed by atoms with Crippen molar-refractivity contribution in [1.29, 1.82) is 0 Å². The highest BCUT2D eigenvalue weighted by molar-refractivity contribution is 5.96. The predicted molar refractivity (Wildman–Crippen MR) is 122 cm³/mol. The molecule has 0 atom stereocenters. The minimum Gasteiger partial charge on any atom is -0.480 e. The number of methoxy groups -OCH3 is 1. The summed E-state index contributed by atoms with van der Waals surface area (Å²) >= 11 is 0. The molecule has 3 aromatic rings. The minimum absolute atomic E-state index is 0.0491. The number of anilines is 2. The highest BCUT2D eigenvalue weighted by Gasteiger charge is 2.30. The molecule has 35 heavy (non-hydrogen) atoms. The van der Waals surface area contributed by atoms with Crippen molar-refractivity contribution in [3.63, 3.8) is 0 Å². The summed E-state index contributed by atoms with van der Waals surface area (Å²) in [5, 5.41) is 2.57. The lowest BCUT2D eigenvalue weighted by Gasteiger charge is -2.36. The first kappa shape index (κ1) is 24.2. The highest BCUT2D eigenvalue weighted by atomic mass is 19.4. The number of para-hydroxylation sites is 1. The minimum atomic E-state index is -4.46. The van der Waals surface area contributed by atoms with E-state index in [1.54, 1.807) is 18.2 Å². The quantitative estimate of drug-likeness (QED) is 0.530. The molecule has 11 heteroatoms. The number of aromatic nitrogens is 2. The number of alkyl halides is 3. The lowest BCUT2D eigenvalue weighted by Crippen LogP contribution is -2.47. The zero-order chi connectivity index (χ0) is 25.0. The van der Waals surface area contributed by atoms with Gasteiger partial charge in [0.2, 0.25) is 11.8 Å². The van der Waals surface area contributed by atoms with Crippen LogP contribution in [0.4, 0.5) is 29.2 Å². The van der Waals surface area contributed by atoms with Gasteiger partial charge in [0, 0.05) is 38.9 Å². The molecule has 2 aromatic carbocycles. The number of halogens is 4. The van der Waals surface area contributed by atoms with Gasteiger partial charge >= 0.3 is 6.18 Å². The van der Waals surface area contributed by atoms with Crippen LogP contribution in [-0.2, 0) is 12.7 Å². The van der Waals surface area contributed by atoms with E-state index in [0.29, 0.717) is 43.4 Å². The van der Waals surface area contributed by atoms with Gasteiger partial charge < -0.3 is 19.9 Å². The molecule has 184 valence electrons. The number of hydrogen-bond donors (Lipinski definition) is 1. The Labute approximate surface area is 199 Å². The van der Waals surface area contributed by atoms with E-state index >= 15 is 0 Å². The smallest absolute Gasteiger partial charge is 0.416 e. The molecule has 1 saturated heterocycles. The fourth-order valence-corrected chi connectivity index (χ4v) is 3.81. The van der Waals surface area contributed by atoms with Crippen LogP contribution in [0.15, 0.2) is 54.7 Å². The molecular formula is C24H23F4N5O2. The summed E-state index contributed by atoms with van der Waals surface area (Å²) in [5.41, 5.74) is 0.119. The first-order chi connectivity index (χ1) is 16.8. The molecular weight excluding hydrogens is 466 g/mol. The Morgan fingerprint density at radius 1 is 1.06 bits per heavy atom. The number of piperazine rings is 1. The Bertz CT molecular complexity index is 1200. The Balaban J connectivity index is 1.40. The average molecular weight is 489 g/mol. The molecule has 0 radical (unpaired) electrons. The third-order valence-electron chi connectivity index (χ3n) is 5.64. The van der Waals surface area contributed by atoms with E-state index in [2.05, 4.69) is 15.3 Å². The standard InChI is InChI=1S/C24H23F4N5O2/c1-35-22-18(21(34)29-14-16-5-4-6-17(13-16)24(26,27)28)15-30-23(31-22)33-11-9-32(10-12-33)20-8-3-2-7-19(20)25/h2-8,13,15H,9-12,14H2,1H3,(H,29,34). The summed E-state index contributed by atoms with van der Waals surface area (Å²) in [7, 11) is 1.37. The second kappa shape index (κ2) is 10.2. The van der Waals surface area contributed by atoms with Crippen LogP contribution in [0, 0.1) is 5.82 Å². The van der Waals surface area contributed by atoms with Crippen LogP contribution in [0.3, 0.4) is 0 Å². The molecule has 2 heterocycles. The van der Waals surface area contributed by atoms with E-state index in [4.69, 9.17) is 4.74 Å². The Kier molecular flexibility index (Phi) is 7.04. The lowest BCUT2D eigenvalue weighted by molar-refractivity contribution is -0.137. The highest BCUT2D eigenvalue weighted by Crippen LogP contribution is 2.29. The molecule has 0 saturated carbocycles. The first-order valence-corrected chi connectivity index (χ1v) is 10.9. The summed E-state index contributed by atoms with van der Waals surface area (Å²) in [5.74, 6) is -0.438. The van der Waals surface area contributed by atoms with Gasteiger partial charge in [-0.2, -0.15) is 18.2 Å². The van der Waals surface area contributed by atoms with E-state index in [1.165, 1.54) is 31.5 Å². The van der Waals surface area contributed by atoms with Crippen LogP contribution in [0.25, 0.3) is 0 Å². The molecule has 1 aliphatic heterocycles. The van der Waals surface area contributed by atoms with E-state index < -0.39 is 17.6 Å². The van der Waals surface area contributed by atoms with Gasteiger partial charge in [0.1, 0.15) is 11.4 Å². The van der Waals surface area contributed by atoms with Crippen molar-refractivity contribution in [2.24, 2.45) is 0 Å². The van der Waals surface area contributed by atoms with Crippen molar-refractivity contribution in [2.45, 2.75) is 12.7 Å². The summed E-state index contributed by atoms with van der Waals surface area (Å²) in [4.78, 5) is 25.1. The zero-order valence-electron chi connectivity index (χ0n) is 18.8. The Hall–Kier alpha value is -3.89. The zero-order valence-corrected chi connectivity index (χ0v) is 18.8. The van der Waals surface area contributed by atoms with Gasteiger partial charge in [0.05, 0.1) is 18.4 Å². The molecule has 4 rings (SSSR count). The number of hydrogen-bond acceptors (Lipinski definition) is 6. The fraction of sp³-hybridized carbons (Fsp3) is 0.292. The van der Waals surface area contributed by atoms with Crippen molar-refractivity contribution >= 4 is 17.5 Å². The maximum Gasteiger partial charge on any atom is 0.416 e. The second-order valence-electron chi connectivity index (χ2n) is 7.90. The number of nitrogens with zero attached hydrogens (tertiary/aromatic N) is 4. The summed E-state index contributed by atoms with van der Waals surface area (Å²) < 4.78 is 58.1. The van der Waals surface area contributed by atoms with Crippen LogP contribution >= 0.6 is 0 Å². The number of nitrogens with one attached hydrogen (secondary N) is 1. The number of carbonyl (C=O) groups is 1. The molecule has 0 spiro atoms. The maximum absolute atomic E-state index is 14.1. The molecule has 1 N–H and O–H groups in total. The maximum atomic E-state index is 14.1. The van der Waals surface area contributed by atoms with Gasteiger partial charge in [-0.15, -0.1) is 0 Å². The SMILES string of the molecule is COc1nc(N2CCN(c3ccccc3F)CC2)ncc1C(=O)NCc1cccc(C(F)(F)F)c1. The molecule has 1 fully saturated rings. The monoisotopic (exact) mass is 489 g/mol. The van der Waals surface area contributed by atoms with Crippen molar-refractivity contribution < 1.29 is 27.1 Å². The van der Waals surface area contributed by atoms with Crippen molar-refractivity contribution in [3.8, 4) is 5.88 Å². The summed E-state index contributed by atoms with van der Waals surface area (Å²) in [6, 6.07) is 11.3. The summed E-state index contributed by atoms with van der Waals surface area (Å²) in [6.45, 7) is 2.10. The van der Waals surface area contributed by atoms with Crippen molar-refractivity contribution in [1.82, 2.24) is 15.3 Å². The van der Waals surface area contributed by atoms with Crippen LogP contribution in [-0.4, -0.2) is 49.2 Å². The summed E-state index contributed by atoms with van der Waals surface area (Å²) in [6.07, 6.45) is -3.14. The van der Waals surface area contributed by atoms with Gasteiger partial charge in [-0.05, 0) is 29.8 Å². The van der Waals surface area contributed by atoms with Crippen LogP contribution in [0.2, 0.25) is 0 Å². The van der Waals surface area contributed by atoms with Crippen molar-refractivity contribution in [2.75, 3.05) is 43.1 Å². The van der Waals surface area contributed by atoms with Gasteiger partial charge in [-0.1, -0.05) is 24.3 Å². The van der Waals surface area contributed by atoms with Crippen molar-refractivity contribution in [3.05, 3.63) is 77.2 Å². The van der Waals surface area contributed by atoms with Crippen LogP contribution < -0.4 is 19.9 Å². The molecule has 0 aliphatic carbocycles. The third kappa shape index (κ3) is 5.61. The van der Waals surface area contributed by atoms with Crippen LogP contribution in [0.5, 0.6) is 5.88 Å². The number of benzene rings is 2. The van der Waals surface area contributed by atoms with Gasteiger partial charge in [-0.25, -0.2) is 9.37 Å². The Morgan fingerprint density at radius 3 is 2.46 bits per heavy atom. The van der Waals surface area contributed by atoms with E-state index in [1.807, 2.05) is 9.80 Å². The number of ether oxygens (including phenoxy) is 1. The van der Waals surface area contributed by atoms with E-state index in [0.717, 1.165) is 12.1 Å². The largest absolute Gasteiger partial charge is 0.480 e. The van der Waals surface area contributed by atoms with E-state index in [-0.39, 0.29) is 23.8 Å². The lowest BCUT2D eigenvalue weighted by atomic mass is 10.1. The fourth-order valence-electron chi connectivity index (χ4n) is 3.81. The van der Waals surface area contributed by atoms with E-state index in [9.17, 15) is 22.4 Å². The van der Waals surface area contributed by atoms with Gasteiger partial charge in [-0.3, -0.25) is 4.79 Å². The molecule has 0 unspecified atom stereocenters. The van der Waals surface area contributed by atoms with Gasteiger partial charge in [0.15, 0.2) is 0 Å². The predicted octanol–water partition coefficient (Wildman–Crippen LogP) is 3.90.